The number of hydrogen-bond donors (Lipinski definition) is 1. The molecule has 1 aromatic rings. The minimum Gasteiger partial charge on any atom is -0.497 e. The van der Waals surface area contributed by atoms with Crippen LogP contribution in [0.1, 0.15) is 31.2 Å². The summed E-state index contributed by atoms with van der Waals surface area (Å²) in [5.41, 5.74) is 1.75. The molecule has 2 rings (SSSR count). The molecular formula is C15H22N2O3. The Morgan fingerprint density at radius 1 is 1.55 bits per heavy atom. The number of ether oxygens (including phenoxy) is 1. The monoisotopic (exact) mass is 278 g/mol. The van der Waals surface area contributed by atoms with Crippen molar-refractivity contribution in [1.82, 2.24) is 9.88 Å². The zero-order valence-electron chi connectivity index (χ0n) is 12.3. The van der Waals surface area contributed by atoms with Crippen molar-refractivity contribution in [3.63, 3.8) is 0 Å². The second-order valence-corrected chi connectivity index (χ2v) is 5.51. The van der Waals surface area contributed by atoms with Gasteiger partial charge in [-0.25, -0.2) is 0 Å². The van der Waals surface area contributed by atoms with E-state index in [1.165, 1.54) is 0 Å². The Morgan fingerprint density at radius 3 is 2.95 bits per heavy atom. The molecule has 0 aromatic carbocycles. The van der Waals surface area contributed by atoms with Gasteiger partial charge in [-0.15, -0.1) is 0 Å². The number of carboxylic acids is 1. The minimum atomic E-state index is -0.739. The average molecular weight is 278 g/mol. The van der Waals surface area contributed by atoms with E-state index in [-0.39, 0.29) is 5.92 Å². The Bertz CT molecular complexity index is 490. The number of nitrogens with zero attached hydrogens (tertiary/aromatic N) is 2. The third kappa shape index (κ3) is 3.28. The molecule has 1 aromatic heterocycles. The van der Waals surface area contributed by atoms with Gasteiger partial charge in [0.05, 0.1) is 12.8 Å². The summed E-state index contributed by atoms with van der Waals surface area (Å²) >= 11 is 0. The summed E-state index contributed by atoms with van der Waals surface area (Å²) in [6.07, 6.45) is 2.01. The van der Waals surface area contributed by atoms with Crippen LogP contribution in [0, 0.1) is 12.8 Å². The maximum absolute atomic E-state index is 11.5. The van der Waals surface area contributed by atoms with E-state index in [9.17, 15) is 9.90 Å². The van der Waals surface area contributed by atoms with Crippen molar-refractivity contribution >= 4 is 5.97 Å². The average Bonchev–Trinajstić information content (AvgIpc) is 2.37. The molecule has 0 saturated carbocycles. The van der Waals surface area contributed by atoms with Crippen LogP contribution in [0.3, 0.4) is 0 Å². The summed E-state index contributed by atoms with van der Waals surface area (Å²) in [6, 6.07) is 3.33. The molecule has 0 bridgehead atoms. The molecule has 1 saturated heterocycles. The van der Waals surface area contributed by atoms with Crippen LogP contribution in [-0.2, 0) is 11.3 Å². The molecule has 2 atom stereocenters. The molecule has 1 aliphatic rings. The van der Waals surface area contributed by atoms with Gasteiger partial charge in [0.2, 0.25) is 0 Å². The first kappa shape index (κ1) is 14.8. The zero-order valence-corrected chi connectivity index (χ0v) is 12.3. The first-order valence-electron chi connectivity index (χ1n) is 6.99. The van der Waals surface area contributed by atoms with E-state index in [0.29, 0.717) is 6.54 Å². The lowest BCUT2D eigenvalue weighted by Crippen LogP contribution is -2.48. The van der Waals surface area contributed by atoms with Crippen LogP contribution in [0.5, 0.6) is 5.75 Å². The molecule has 0 spiro atoms. The van der Waals surface area contributed by atoms with Crippen LogP contribution in [-0.4, -0.2) is 40.7 Å². The smallest absolute Gasteiger partial charge is 0.321 e. The Morgan fingerprint density at radius 2 is 2.30 bits per heavy atom. The van der Waals surface area contributed by atoms with Gasteiger partial charge in [0, 0.05) is 24.4 Å². The predicted molar refractivity (Wildman–Crippen MR) is 75.8 cm³/mol. The molecule has 1 aliphatic heterocycles. The van der Waals surface area contributed by atoms with Gasteiger partial charge in [-0.05, 0) is 32.2 Å². The second kappa shape index (κ2) is 6.22. The fourth-order valence-corrected chi connectivity index (χ4v) is 2.96. The molecule has 0 amide bonds. The number of aliphatic carboxylic acids is 1. The topological polar surface area (TPSA) is 62.7 Å². The number of aryl methyl sites for hydroxylation is 1. The molecule has 5 heteroatoms. The summed E-state index contributed by atoms with van der Waals surface area (Å²) < 4.78 is 5.25. The predicted octanol–water partition coefficient (Wildman–Crippen LogP) is 2.08. The van der Waals surface area contributed by atoms with Crippen LogP contribution in [0.4, 0.5) is 0 Å². The van der Waals surface area contributed by atoms with Gasteiger partial charge in [0.15, 0.2) is 0 Å². The summed E-state index contributed by atoms with van der Waals surface area (Å²) in [6.45, 7) is 5.29. The van der Waals surface area contributed by atoms with Crippen molar-refractivity contribution in [3.05, 3.63) is 23.5 Å². The summed E-state index contributed by atoms with van der Waals surface area (Å²) in [4.78, 5) is 18.0. The highest BCUT2D eigenvalue weighted by Crippen LogP contribution is 2.25. The van der Waals surface area contributed by atoms with Gasteiger partial charge in [-0.3, -0.25) is 14.7 Å². The highest BCUT2D eigenvalue weighted by molar-refractivity contribution is 5.74. The van der Waals surface area contributed by atoms with Crippen molar-refractivity contribution < 1.29 is 14.6 Å². The summed E-state index contributed by atoms with van der Waals surface area (Å²) in [7, 11) is 1.63. The number of carboxylic acid groups (broad SMARTS) is 1. The maximum Gasteiger partial charge on any atom is 0.321 e. The standard InChI is InChI=1S/C15H22N2O3/c1-10-5-4-6-17(14(10)15(18)19)9-12-8-13(20-3)7-11(2)16-12/h7-8,10,14H,4-6,9H2,1-3H3,(H,18,19). The molecule has 1 fully saturated rings. The van der Waals surface area contributed by atoms with Gasteiger partial charge in [0.1, 0.15) is 11.8 Å². The van der Waals surface area contributed by atoms with Crippen LogP contribution in [0.25, 0.3) is 0 Å². The van der Waals surface area contributed by atoms with Gasteiger partial charge < -0.3 is 9.84 Å². The summed E-state index contributed by atoms with van der Waals surface area (Å²) in [5, 5.41) is 9.43. The van der Waals surface area contributed by atoms with Crippen molar-refractivity contribution in [2.24, 2.45) is 5.92 Å². The summed E-state index contributed by atoms with van der Waals surface area (Å²) in [5.74, 6) is 0.203. The largest absolute Gasteiger partial charge is 0.497 e. The van der Waals surface area contributed by atoms with Gasteiger partial charge >= 0.3 is 5.97 Å². The van der Waals surface area contributed by atoms with Crippen LogP contribution in [0.2, 0.25) is 0 Å². The molecule has 110 valence electrons. The van der Waals surface area contributed by atoms with Crippen molar-refractivity contribution in [3.8, 4) is 5.75 Å². The third-order valence-corrected chi connectivity index (χ3v) is 3.87. The quantitative estimate of drug-likeness (QED) is 0.913. The first-order chi connectivity index (χ1) is 9.51. The van der Waals surface area contributed by atoms with E-state index in [1.54, 1.807) is 7.11 Å². The number of piperidine rings is 1. The lowest BCUT2D eigenvalue weighted by molar-refractivity contribution is -0.147. The number of rotatable bonds is 4. The van der Waals surface area contributed by atoms with Gasteiger partial charge in [-0.2, -0.15) is 0 Å². The molecule has 0 aliphatic carbocycles. The van der Waals surface area contributed by atoms with E-state index in [2.05, 4.69) is 4.98 Å². The Labute approximate surface area is 119 Å². The fourth-order valence-electron chi connectivity index (χ4n) is 2.96. The van der Waals surface area contributed by atoms with E-state index in [1.807, 2.05) is 30.9 Å². The SMILES string of the molecule is COc1cc(C)nc(CN2CCCC(C)C2C(=O)O)c1. The highest BCUT2D eigenvalue weighted by atomic mass is 16.5. The van der Waals surface area contributed by atoms with Crippen molar-refractivity contribution in [1.29, 1.82) is 0 Å². The number of aromatic nitrogens is 1. The van der Waals surface area contributed by atoms with E-state index in [4.69, 9.17) is 4.74 Å². The molecular weight excluding hydrogens is 256 g/mol. The second-order valence-electron chi connectivity index (χ2n) is 5.51. The lowest BCUT2D eigenvalue weighted by atomic mass is 9.90. The third-order valence-electron chi connectivity index (χ3n) is 3.87. The molecule has 0 radical (unpaired) electrons. The maximum atomic E-state index is 11.5. The molecule has 20 heavy (non-hydrogen) atoms. The molecule has 1 N–H and O–H groups in total. The van der Waals surface area contributed by atoms with Crippen molar-refractivity contribution in [2.45, 2.75) is 39.3 Å². The number of methoxy groups -OCH3 is 1. The fraction of sp³-hybridized carbons (Fsp3) is 0.600. The van der Waals surface area contributed by atoms with E-state index >= 15 is 0 Å². The minimum absolute atomic E-state index is 0.174. The number of likely N-dealkylation sites (tertiary alicyclic amines) is 1. The molecule has 5 nitrogen and oxygen atoms in total. The van der Waals surface area contributed by atoms with Crippen LogP contribution < -0.4 is 4.74 Å². The van der Waals surface area contributed by atoms with Crippen LogP contribution in [0.15, 0.2) is 12.1 Å². The van der Waals surface area contributed by atoms with Crippen molar-refractivity contribution in [2.75, 3.05) is 13.7 Å². The number of pyridine rings is 1. The number of carbonyl (C=O) groups is 1. The molecule has 2 heterocycles. The zero-order chi connectivity index (χ0) is 14.7. The Kier molecular flexibility index (Phi) is 4.60. The lowest BCUT2D eigenvalue weighted by Gasteiger charge is -2.37. The highest BCUT2D eigenvalue weighted by Gasteiger charge is 2.34. The number of hydrogen-bond acceptors (Lipinski definition) is 4. The van der Waals surface area contributed by atoms with Gasteiger partial charge in [-0.1, -0.05) is 6.92 Å². The molecule has 2 unspecified atom stereocenters. The van der Waals surface area contributed by atoms with Gasteiger partial charge in [0.25, 0.3) is 0 Å². The van der Waals surface area contributed by atoms with Crippen LogP contribution >= 0.6 is 0 Å². The first-order valence-corrected chi connectivity index (χ1v) is 6.99. The normalized spacial score (nSPS) is 23.6. The Balaban J connectivity index is 2.18. The Hall–Kier alpha value is -1.62. The van der Waals surface area contributed by atoms with E-state index in [0.717, 1.165) is 36.5 Å². The van der Waals surface area contributed by atoms with E-state index < -0.39 is 12.0 Å².